The van der Waals surface area contributed by atoms with Gasteiger partial charge in [-0.3, -0.25) is 0 Å². The molecule has 1 rings (SSSR count). The van der Waals surface area contributed by atoms with Crippen molar-refractivity contribution < 1.29 is 24.6 Å². The van der Waals surface area contributed by atoms with E-state index < -0.39 is 12.6 Å². The molecule has 0 fully saturated rings. The highest BCUT2D eigenvalue weighted by Gasteiger charge is 2.13. The van der Waals surface area contributed by atoms with E-state index in [9.17, 15) is 4.79 Å². The van der Waals surface area contributed by atoms with Crippen molar-refractivity contribution >= 4 is 12.2 Å². The lowest BCUT2D eigenvalue weighted by Crippen LogP contribution is -2.11. The molecule has 1 aromatic carbocycles. The van der Waals surface area contributed by atoms with Gasteiger partial charge in [-0.25, -0.2) is 4.79 Å². The van der Waals surface area contributed by atoms with E-state index in [1.165, 1.54) is 13.3 Å². The number of hydrogen-bond donors (Lipinski definition) is 2. The first-order valence-electron chi connectivity index (χ1n) is 5.46. The van der Waals surface area contributed by atoms with Gasteiger partial charge < -0.3 is 19.8 Å². The molecule has 0 aliphatic heterocycles. The van der Waals surface area contributed by atoms with Crippen LogP contribution >= 0.6 is 0 Å². The molecule has 0 aromatic heterocycles. The van der Waals surface area contributed by atoms with Gasteiger partial charge in [0.05, 0.1) is 13.3 Å². The van der Waals surface area contributed by atoms with E-state index in [0.29, 0.717) is 29.0 Å². The highest BCUT2D eigenvalue weighted by Crippen LogP contribution is 2.33. The molecule has 102 valence electrons. The summed E-state index contributed by atoms with van der Waals surface area (Å²) in [6.07, 6.45) is 3.37. The molecule has 0 bridgehead atoms. The number of methoxy groups -OCH3 is 1. The molecule has 0 atom stereocenters. The molecule has 6 nitrogen and oxygen atoms in total. The first kappa shape index (κ1) is 14.6. The van der Waals surface area contributed by atoms with Crippen LogP contribution in [0, 0.1) is 0 Å². The van der Waals surface area contributed by atoms with Crippen molar-refractivity contribution in [3.05, 3.63) is 35.9 Å². The van der Waals surface area contributed by atoms with Gasteiger partial charge in [-0.2, -0.15) is 0 Å². The van der Waals surface area contributed by atoms with E-state index >= 15 is 0 Å². The molecule has 0 unspecified atom stereocenters. The number of ether oxygens (including phenoxy) is 2. The summed E-state index contributed by atoms with van der Waals surface area (Å²) >= 11 is 0. The Hall–Kier alpha value is -2.50. The second-order valence-corrected chi connectivity index (χ2v) is 3.63. The molecule has 6 heteroatoms. The summed E-state index contributed by atoms with van der Waals surface area (Å²) in [5, 5.41) is 20.2. The zero-order chi connectivity index (χ0) is 14.3. The fourth-order valence-electron chi connectivity index (χ4n) is 1.58. The summed E-state index contributed by atoms with van der Waals surface area (Å²) in [6, 6.07) is 3.30. The van der Waals surface area contributed by atoms with E-state index in [0.717, 1.165) is 0 Å². The summed E-state index contributed by atoms with van der Waals surface area (Å²) in [4.78, 5) is 10.6. The van der Waals surface area contributed by atoms with Crippen LogP contribution in [0.15, 0.2) is 29.9 Å². The number of hydrogen-bond acceptors (Lipinski definition) is 5. The van der Waals surface area contributed by atoms with Crippen LogP contribution in [0.5, 0.6) is 11.5 Å². The van der Waals surface area contributed by atoms with Crippen LogP contribution < -0.4 is 9.47 Å². The minimum absolute atomic E-state index is 0.347. The van der Waals surface area contributed by atoms with Crippen molar-refractivity contribution in [2.24, 2.45) is 5.16 Å². The molecule has 0 heterocycles. The Bertz CT molecular complexity index is 496. The van der Waals surface area contributed by atoms with Gasteiger partial charge in [-0.15, -0.1) is 6.58 Å². The Morgan fingerprint density at radius 2 is 2.26 bits per heavy atom. The Labute approximate surface area is 110 Å². The van der Waals surface area contributed by atoms with Gasteiger partial charge >= 0.3 is 5.97 Å². The Balaban J connectivity index is 3.22. The first-order valence-corrected chi connectivity index (χ1v) is 5.46. The number of carbonyl (C=O) groups is 1. The third-order valence-corrected chi connectivity index (χ3v) is 2.29. The molecule has 0 aliphatic carbocycles. The zero-order valence-electron chi connectivity index (χ0n) is 10.5. The number of allylic oxidation sites excluding steroid dienone is 1. The average Bonchev–Trinajstić information content (AvgIpc) is 2.37. The predicted molar refractivity (Wildman–Crippen MR) is 69.4 cm³/mol. The number of benzene rings is 1. The largest absolute Gasteiger partial charge is 0.493 e. The Morgan fingerprint density at radius 3 is 2.79 bits per heavy atom. The number of nitrogens with zero attached hydrogens (tertiary/aromatic N) is 1. The second-order valence-electron chi connectivity index (χ2n) is 3.63. The van der Waals surface area contributed by atoms with Gasteiger partial charge in [0.1, 0.15) is 0 Å². The van der Waals surface area contributed by atoms with E-state index in [1.54, 1.807) is 18.2 Å². The summed E-state index contributed by atoms with van der Waals surface area (Å²) in [6.45, 7) is 3.16. The van der Waals surface area contributed by atoms with Gasteiger partial charge in [-0.1, -0.05) is 11.2 Å². The second kappa shape index (κ2) is 7.05. The molecule has 0 saturated carbocycles. The fraction of sp³-hybridized carbons (Fsp3) is 0.231. The minimum atomic E-state index is -1.08. The molecule has 0 radical (unpaired) electrons. The lowest BCUT2D eigenvalue weighted by Gasteiger charge is -2.14. The van der Waals surface area contributed by atoms with Gasteiger partial charge in [0.15, 0.2) is 18.1 Å². The Kier molecular flexibility index (Phi) is 5.40. The average molecular weight is 265 g/mol. The topological polar surface area (TPSA) is 88.4 Å². The third-order valence-electron chi connectivity index (χ3n) is 2.29. The van der Waals surface area contributed by atoms with Crippen LogP contribution in [0.3, 0.4) is 0 Å². The van der Waals surface area contributed by atoms with Crippen molar-refractivity contribution in [1.82, 2.24) is 0 Å². The van der Waals surface area contributed by atoms with Gasteiger partial charge in [0.2, 0.25) is 0 Å². The lowest BCUT2D eigenvalue weighted by molar-refractivity contribution is -0.139. The van der Waals surface area contributed by atoms with E-state index in [4.69, 9.17) is 19.8 Å². The van der Waals surface area contributed by atoms with Crippen LogP contribution in [0.2, 0.25) is 0 Å². The van der Waals surface area contributed by atoms with E-state index in [-0.39, 0.29) is 0 Å². The molecular weight excluding hydrogens is 250 g/mol. The summed E-state index contributed by atoms with van der Waals surface area (Å²) < 4.78 is 10.4. The van der Waals surface area contributed by atoms with Gasteiger partial charge in [0.25, 0.3) is 0 Å². The number of carboxylic acids is 1. The zero-order valence-corrected chi connectivity index (χ0v) is 10.5. The lowest BCUT2D eigenvalue weighted by atomic mass is 10.1. The molecule has 1 aromatic rings. The van der Waals surface area contributed by atoms with Crippen molar-refractivity contribution in [1.29, 1.82) is 0 Å². The van der Waals surface area contributed by atoms with Crippen LogP contribution in [0.1, 0.15) is 11.1 Å². The van der Waals surface area contributed by atoms with E-state index in [1.807, 2.05) is 0 Å². The highest BCUT2D eigenvalue weighted by atomic mass is 16.5. The number of carboxylic acid groups (broad SMARTS) is 1. The van der Waals surface area contributed by atoms with Crippen molar-refractivity contribution in [3.8, 4) is 11.5 Å². The molecule has 2 N–H and O–H groups in total. The Morgan fingerprint density at radius 1 is 1.53 bits per heavy atom. The van der Waals surface area contributed by atoms with Crippen molar-refractivity contribution in [3.63, 3.8) is 0 Å². The molecule has 0 spiro atoms. The maximum atomic E-state index is 10.6. The van der Waals surface area contributed by atoms with Crippen LogP contribution in [-0.4, -0.2) is 36.2 Å². The summed E-state index contributed by atoms with van der Waals surface area (Å²) in [7, 11) is 1.44. The standard InChI is InChI=1S/C13H15NO5/c1-3-4-10-5-9(7-14-17)6-11(18-2)13(10)19-8-12(15)16/h3,5-7,17H,1,4,8H2,2H3,(H,15,16). The van der Waals surface area contributed by atoms with E-state index in [2.05, 4.69) is 11.7 Å². The maximum Gasteiger partial charge on any atom is 0.341 e. The molecular formula is C13H15NO5. The molecule has 19 heavy (non-hydrogen) atoms. The first-order chi connectivity index (χ1) is 9.12. The van der Waals surface area contributed by atoms with Crippen molar-refractivity contribution in [2.45, 2.75) is 6.42 Å². The molecule has 0 aliphatic rings. The smallest absolute Gasteiger partial charge is 0.341 e. The SMILES string of the molecule is C=CCc1cc(C=NO)cc(OC)c1OCC(=O)O. The van der Waals surface area contributed by atoms with Crippen LogP contribution in [-0.2, 0) is 11.2 Å². The highest BCUT2D eigenvalue weighted by molar-refractivity contribution is 5.81. The quantitative estimate of drug-likeness (QED) is 0.339. The minimum Gasteiger partial charge on any atom is -0.493 e. The predicted octanol–water partition coefficient (Wildman–Crippen LogP) is 1.70. The van der Waals surface area contributed by atoms with Crippen LogP contribution in [0.25, 0.3) is 0 Å². The normalized spacial score (nSPS) is 10.4. The third kappa shape index (κ3) is 4.02. The number of aliphatic carboxylic acids is 1. The summed E-state index contributed by atoms with van der Waals surface area (Å²) in [5.74, 6) is -0.358. The maximum absolute atomic E-state index is 10.6. The number of rotatable bonds is 7. The van der Waals surface area contributed by atoms with Crippen molar-refractivity contribution in [2.75, 3.05) is 13.7 Å². The van der Waals surface area contributed by atoms with Gasteiger partial charge in [-0.05, 0) is 18.6 Å². The monoisotopic (exact) mass is 265 g/mol. The summed E-state index contributed by atoms with van der Waals surface area (Å²) in [5.41, 5.74) is 1.31. The van der Waals surface area contributed by atoms with Crippen LogP contribution in [0.4, 0.5) is 0 Å². The number of oxime groups is 1. The van der Waals surface area contributed by atoms with Gasteiger partial charge in [0, 0.05) is 11.1 Å². The fourth-order valence-corrected chi connectivity index (χ4v) is 1.58. The molecule has 0 saturated heterocycles. The molecule has 0 amide bonds.